The van der Waals surface area contributed by atoms with E-state index in [0.717, 1.165) is 44.6 Å². The molecule has 1 atom stereocenters. The van der Waals surface area contributed by atoms with Crippen LogP contribution < -0.4 is 15.4 Å². The number of rotatable bonds is 8. The van der Waals surface area contributed by atoms with E-state index in [9.17, 15) is 9.59 Å². The van der Waals surface area contributed by atoms with Crippen molar-refractivity contribution in [1.82, 2.24) is 4.90 Å². The molecule has 1 saturated heterocycles. The van der Waals surface area contributed by atoms with Crippen LogP contribution >= 0.6 is 11.6 Å². The lowest BCUT2D eigenvalue weighted by Gasteiger charge is -2.32. The monoisotopic (exact) mass is 443 g/mol. The third-order valence-corrected chi connectivity index (χ3v) is 5.73. The molecule has 1 heterocycles. The summed E-state index contributed by atoms with van der Waals surface area (Å²) < 4.78 is 5.29. The zero-order valence-corrected chi connectivity index (χ0v) is 18.9. The van der Waals surface area contributed by atoms with Crippen molar-refractivity contribution in [2.45, 2.75) is 39.2 Å². The molecule has 0 saturated carbocycles. The summed E-state index contributed by atoms with van der Waals surface area (Å²) in [5.41, 5.74) is 2.64. The number of likely N-dealkylation sites (tertiary alicyclic amines) is 1. The van der Waals surface area contributed by atoms with Crippen molar-refractivity contribution < 1.29 is 14.3 Å². The number of nitrogens with one attached hydrogen (secondary N) is 2. The van der Waals surface area contributed by atoms with Crippen molar-refractivity contribution in [2.75, 3.05) is 30.8 Å². The highest BCUT2D eigenvalue weighted by Gasteiger charge is 2.21. The fourth-order valence-corrected chi connectivity index (χ4v) is 4.18. The number of anilines is 2. The Bertz CT molecular complexity index is 901. The lowest BCUT2D eigenvalue weighted by Crippen LogP contribution is -2.35. The van der Waals surface area contributed by atoms with Gasteiger partial charge in [0.25, 0.3) is 0 Å². The first-order chi connectivity index (χ1) is 14.9. The predicted octanol–water partition coefficient (Wildman–Crippen LogP) is 4.94. The Labute approximate surface area is 188 Å². The Morgan fingerprint density at radius 1 is 1.16 bits per heavy atom. The molecule has 2 aromatic rings. The fraction of sp³-hybridized carbons (Fsp3) is 0.417. The summed E-state index contributed by atoms with van der Waals surface area (Å²) in [4.78, 5) is 26.1. The summed E-state index contributed by atoms with van der Waals surface area (Å²) in [7, 11) is 1.57. The molecule has 1 aliphatic rings. The number of hydrogen-bond acceptors (Lipinski definition) is 4. The highest BCUT2D eigenvalue weighted by Crippen LogP contribution is 2.28. The molecule has 0 unspecified atom stereocenters. The Balaban J connectivity index is 1.47. The van der Waals surface area contributed by atoms with Crippen molar-refractivity contribution in [3.05, 3.63) is 53.1 Å². The van der Waals surface area contributed by atoms with Crippen molar-refractivity contribution in [2.24, 2.45) is 5.92 Å². The summed E-state index contributed by atoms with van der Waals surface area (Å²) in [6.45, 7) is 4.44. The number of nitrogens with zero attached hydrogens (tertiary/aromatic N) is 1. The molecule has 166 valence electrons. The smallest absolute Gasteiger partial charge is 0.224 e. The molecule has 2 aromatic carbocycles. The number of methoxy groups -OCH3 is 1. The number of carbonyl (C=O) groups is 2. The average Bonchev–Trinajstić information content (AvgIpc) is 2.74. The van der Waals surface area contributed by atoms with E-state index >= 15 is 0 Å². The highest BCUT2D eigenvalue weighted by molar-refractivity contribution is 6.31. The van der Waals surface area contributed by atoms with Crippen LogP contribution in [-0.4, -0.2) is 36.9 Å². The second-order valence-electron chi connectivity index (χ2n) is 8.05. The first kappa shape index (κ1) is 23.1. The van der Waals surface area contributed by atoms with Gasteiger partial charge in [-0.15, -0.1) is 0 Å². The van der Waals surface area contributed by atoms with Gasteiger partial charge in [0.05, 0.1) is 12.8 Å². The maximum atomic E-state index is 12.5. The zero-order chi connectivity index (χ0) is 22.2. The van der Waals surface area contributed by atoms with Crippen LogP contribution in [0.4, 0.5) is 11.4 Å². The van der Waals surface area contributed by atoms with E-state index in [0.29, 0.717) is 28.8 Å². The first-order valence-electron chi connectivity index (χ1n) is 10.6. The first-order valence-corrected chi connectivity index (χ1v) is 11.0. The fourth-order valence-electron chi connectivity index (χ4n) is 4.01. The predicted molar refractivity (Wildman–Crippen MR) is 125 cm³/mol. The van der Waals surface area contributed by atoms with Gasteiger partial charge in [-0.1, -0.05) is 23.7 Å². The van der Waals surface area contributed by atoms with Gasteiger partial charge >= 0.3 is 0 Å². The number of piperidine rings is 1. The van der Waals surface area contributed by atoms with Crippen molar-refractivity contribution >= 4 is 34.8 Å². The molecular weight excluding hydrogens is 414 g/mol. The van der Waals surface area contributed by atoms with Gasteiger partial charge in [0.15, 0.2) is 0 Å². The second kappa shape index (κ2) is 11.2. The number of carbonyl (C=O) groups excluding carboxylic acids is 2. The molecule has 3 rings (SSSR count). The molecule has 1 aliphatic heterocycles. The standard InChI is InChI=1S/C24H30ClN3O3/c1-17(29)26-21-9-5-19(6-10-21)16-28-13-3-4-18(15-28)7-12-24(30)27-22-14-20(25)8-11-23(22)31-2/h5-6,8-11,14,18H,3-4,7,12-13,15-16H2,1-2H3,(H,26,29)(H,27,30)/t18-/m0/s1. The molecule has 2 N–H and O–H groups in total. The zero-order valence-electron chi connectivity index (χ0n) is 18.1. The van der Waals surface area contributed by atoms with Gasteiger partial charge in [0.2, 0.25) is 11.8 Å². The number of benzene rings is 2. The van der Waals surface area contributed by atoms with Crippen molar-refractivity contribution in [3.63, 3.8) is 0 Å². The van der Waals surface area contributed by atoms with Gasteiger partial charge < -0.3 is 15.4 Å². The van der Waals surface area contributed by atoms with E-state index < -0.39 is 0 Å². The second-order valence-corrected chi connectivity index (χ2v) is 8.49. The minimum absolute atomic E-state index is 0.0220. The lowest BCUT2D eigenvalue weighted by molar-refractivity contribution is -0.116. The van der Waals surface area contributed by atoms with Crippen LogP contribution in [0.5, 0.6) is 5.75 Å². The summed E-state index contributed by atoms with van der Waals surface area (Å²) in [6, 6.07) is 13.2. The SMILES string of the molecule is COc1ccc(Cl)cc1NC(=O)CC[C@@H]1CCCN(Cc2ccc(NC(C)=O)cc2)C1. The van der Waals surface area contributed by atoms with Gasteiger partial charge in [-0.3, -0.25) is 14.5 Å². The maximum absolute atomic E-state index is 12.5. The number of ether oxygens (including phenoxy) is 1. The largest absolute Gasteiger partial charge is 0.495 e. The van der Waals surface area contributed by atoms with E-state index in [4.69, 9.17) is 16.3 Å². The normalized spacial score (nSPS) is 16.5. The van der Waals surface area contributed by atoms with Crippen LogP contribution in [-0.2, 0) is 16.1 Å². The van der Waals surface area contributed by atoms with E-state index in [1.165, 1.54) is 12.5 Å². The summed E-state index contributed by atoms with van der Waals surface area (Å²) in [5, 5.41) is 6.27. The molecule has 0 aromatic heterocycles. The Kier molecular flexibility index (Phi) is 8.32. The van der Waals surface area contributed by atoms with E-state index in [1.807, 2.05) is 12.1 Å². The molecule has 1 fully saturated rings. The van der Waals surface area contributed by atoms with Crippen LogP contribution in [0.15, 0.2) is 42.5 Å². The summed E-state index contributed by atoms with van der Waals surface area (Å²) >= 11 is 6.04. The minimum atomic E-state index is -0.0653. The third kappa shape index (κ3) is 7.26. The Morgan fingerprint density at radius 3 is 2.65 bits per heavy atom. The van der Waals surface area contributed by atoms with Crippen LogP contribution in [0, 0.1) is 5.92 Å². The summed E-state index contributed by atoms with van der Waals surface area (Å²) in [6.07, 6.45) is 3.61. The quantitative estimate of drug-likeness (QED) is 0.606. The topological polar surface area (TPSA) is 70.7 Å². The molecule has 0 aliphatic carbocycles. The van der Waals surface area contributed by atoms with E-state index in [1.54, 1.807) is 25.3 Å². The van der Waals surface area contributed by atoms with Crippen LogP contribution in [0.3, 0.4) is 0 Å². The third-order valence-electron chi connectivity index (χ3n) is 5.50. The molecular formula is C24H30ClN3O3. The van der Waals surface area contributed by atoms with Crippen molar-refractivity contribution in [1.29, 1.82) is 0 Å². The van der Waals surface area contributed by atoms with Gasteiger partial charge in [0.1, 0.15) is 5.75 Å². The Morgan fingerprint density at radius 2 is 1.94 bits per heavy atom. The van der Waals surface area contributed by atoms with Gasteiger partial charge in [-0.05, 0) is 67.6 Å². The molecule has 7 heteroatoms. The van der Waals surface area contributed by atoms with E-state index in [-0.39, 0.29) is 11.8 Å². The molecule has 6 nitrogen and oxygen atoms in total. The minimum Gasteiger partial charge on any atom is -0.495 e. The lowest BCUT2D eigenvalue weighted by atomic mass is 9.93. The number of halogens is 1. The Hall–Kier alpha value is -2.57. The van der Waals surface area contributed by atoms with Gasteiger partial charge in [-0.25, -0.2) is 0 Å². The molecule has 0 bridgehead atoms. The van der Waals surface area contributed by atoms with Crippen LogP contribution in [0.2, 0.25) is 5.02 Å². The van der Waals surface area contributed by atoms with E-state index in [2.05, 4.69) is 27.7 Å². The molecule has 31 heavy (non-hydrogen) atoms. The molecule has 0 spiro atoms. The molecule has 2 amide bonds. The van der Waals surface area contributed by atoms with Gasteiger partial charge in [0, 0.05) is 37.1 Å². The van der Waals surface area contributed by atoms with Crippen LogP contribution in [0.25, 0.3) is 0 Å². The maximum Gasteiger partial charge on any atom is 0.224 e. The average molecular weight is 444 g/mol. The number of amides is 2. The van der Waals surface area contributed by atoms with Crippen LogP contribution in [0.1, 0.15) is 38.2 Å². The summed E-state index contributed by atoms with van der Waals surface area (Å²) in [5.74, 6) is 1.02. The van der Waals surface area contributed by atoms with Crippen molar-refractivity contribution in [3.8, 4) is 5.75 Å². The number of hydrogen-bond donors (Lipinski definition) is 2. The molecule has 0 radical (unpaired) electrons. The highest BCUT2D eigenvalue weighted by atomic mass is 35.5. The van der Waals surface area contributed by atoms with Gasteiger partial charge in [-0.2, -0.15) is 0 Å².